The number of esters is 5. The van der Waals surface area contributed by atoms with Crippen molar-refractivity contribution in [2.75, 3.05) is 20.3 Å². The van der Waals surface area contributed by atoms with Crippen molar-refractivity contribution < 1.29 is 52.4 Å². The first-order valence-electron chi connectivity index (χ1n) is 16.8. The van der Waals surface area contributed by atoms with Gasteiger partial charge in [0, 0.05) is 17.1 Å². The topological polar surface area (TPSA) is 141 Å². The summed E-state index contributed by atoms with van der Waals surface area (Å²) in [6.07, 6.45) is 4.34. The minimum absolute atomic E-state index is 0.0176. The molecule has 2 aliphatic rings. The quantitative estimate of drug-likeness (QED) is 0.0577. The van der Waals surface area contributed by atoms with Crippen LogP contribution in [0.5, 0.6) is 17.2 Å². The number of rotatable bonds is 14. The van der Waals surface area contributed by atoms with Crippen molar-refractivity contribution in [3.63, 3.8) is 0 Å². The molecule has 2 aliphatic carbocycles. The Bertz CT molecular complexity index is 1830. The zero-order valence-corrected chi connectivity index (χ0v) is 28.7. The summed E-state index contributed by atoms with van der Waals surface area (Å²) in [7, 11) is 1.23. The number of carbonyl (C=O) groups is 5. The molecule has 0 spiro atoms. The fourth-order valence-corrected chi connectivity index (χ4v) is 5.99. The van der Waals surface area contributed by atoms with Crippen molar-refractivity contribution >= 4 is 29.8 Å². The summed E-state index contributed by atoms with van der Waals surface area (Å²) in [5, 5.41) is 0. The van der Waals surface area contributed by atoms with E-state index >= 15 is 0 Å². The van der Waals surface area contributed by atoms with Crippen LogP contribution in [-0.4, -0.2) is 56.3 Å². The van der Waals surface area contributed by atoms with Gasteiger partial charge >= 0.3 is 29.8 Å². The number of hydrogen-bond acceptors (Lipinski definition) is 11. The van der Waals surface area contributed by atoms with Crippen molar-refractivity contribution in [3.8, 4) is 28.4 Å². The molecule has 0 radical (unpaired) electrons. The molecule has 1 saturated carbocycles. The molecule has 0 aliphatic heterocycles. The summed E-state index contributed by atoms with van der Waals surface area (Å²) in [4.78, 5) is 61.3. The second-order valence-corrected chi connectivity index (χ2v) is 12.4. The van der Waals surface area contributed by atoms with Gasteiger partial charge in [-0.15, -0.1) is 0 Å². The average Bonchev–Trinajstić information content (AvgIpc) is 3.40. The predicted octanol–water partition coefficient (Wildman–Crippen LogP) is 6.81. The van der Waals surface area contributed by atoms with Crippen LogP contribution in [0.3, 0.4) is 0 Å². The van der Waals surface area contributed by atoms with Gasteiger partial charge in [0.05, 0.1) is 25.5 Å². The molecule has 1 fully saturated rings. The molecule has 11 heteroatoms. The highest BCUT2D eigenvalue weighted by Crippen LogP contribution is 2.46. The third-order valence-electron chi connectivity index (χ3n) is 8.73. The second kappa shape index (κ2) is 16.8. The smallest absolute Gasteiger partial charge is 0.343 e. The summed E-state index contributed by atoms with van der Waals surface area (Å²) >= 11 is 0. The Morgan fingerprint density at radius 3 is 2.00 bits per heavy atom. The Morgan fingerprint density at radius 1 is 0.686 bits per heavy atom. The van der Waals surface area contributed by atoms with E-state index in [1.54, 1.807) is 48.5 Å². The molecule has 0 amide bonds. The first-order valence-corrected chi connectivity index (χ1v) is 16.8. The number of fused-ring (bicyclic) bond motifs is 3. The summed E-state index contributed by atoms with van der Waals surface area (Å²) < 4.78 is 31.8. The number of carbonyl (C=O) groups excluding carboxylic acids is 5. The van der Waals surface area contributed by atoms with E-state index in [-0.39, 0.29) is 49.2 Å². The predicted molar refractivity (Wildman–Crippen MR) is 185 cm³/mol. The van der Waals surface area contributed by atoms with Crippen molar-refractivity contribution in [2.24, 2.45) is 0 Å². The third-order valence-corrected chi connectivity index (χ3v) is 8.73. The van der Waals surface area contributed by atoms with Crippen LogP contribution in [0.15, 0.2) is 85.0 Å². The van der Waals surface area contributed by atoms with Gasteiger partial charge in [0.15, 0.2) is 0 Å². The van der Waals surface area contributed by atoms with E-state index < -0.39 is 29.8 Å². The molecule has 3 aromatic rings. The van der Waals surface area contributed by atoms with Crippen molar-refractivity contribution in [1.29, 1.82) is 0 Å². The number of ether oxygens (including phenoxy) is 6. The monoisotopic (exact) mass is 696 g/mol. The van der Waals surface area contributed by atoms with Gasteiger partial charge in [-0.2, -0.15) is 0 Å². The van der Waals surface area contributed by atoms with Crippen LogP contribution < -0.4 is 14.2 Å². The van der Waals surface area contributed by atoms with Crippen molar-refractivity contribution in [1.82, 2.24) is 0 Å². The molecule has 0 bridgehead atoms. The maximum absolute atomic E-state index is 13.1. The van der Waals surface area contributed by atoms with Crippen LogP contribution in [0.25, 0.3) is 11.1 Å². The molecule has 51 heavy (non-hydrogen) atoms. The van der Waals surface area contributed by atoms with Crippen LogP contribution in [0, 0.1) is 0 Å². The summed E-state index contributed by atoms with van der Waals surface area (Å²) in [5.74, 6) is -2.01. The van der Waals surface area contributed by atoms with E-state index in [2.05, 4.69) is 17.9 Å². The Hall–Kier alpha value is -5.71. The lowest BCUT2D eigenvalue weighted by molar-refractivity contribution is -0.151. The average molecular weight is 697 g/mol. The van der Waals surface area contributed by atoms with Gasteiger partial charge in [-0.25, -0.2) is 14.4 Å². The Morgan fingerprint density at radius 2 is 1.29 bits per heavy atom. The zero-order valence-electron chi connectivity index (χ0n) is 28.7. The highest BCUT2D eigenvalue weighted by atomic mass is 16.6. The first kappa shape index (κ1) is 36.6. The van der Waals surface area contributed by atoms with Gasteiger partial charge in [-0.05, 0) is 96.5 Å². The lowest BCUT2D eigenvalue weighted by atomic mass is 9.98. The van der Waals surface area contributed by atoms with Crippen LogP contribution in [0.2, 0.25) is 0 Å². The van der Waals surface area contributed by atoms with E-state index in [0.717, 1.165) is 54.4 Å². The molecule has 5 rings (SSSR count). The number of benzene rings is 3. The fraction of sp³-hybridized carbons (Fsp3) is 0.325. The van der Waals surface area contributed by atoms with Crippen LogP contribution in [0.1, 0.15) is 79.3 Å². The summed E-state index contributed by atoms with van der Waals surface area (Å²) in [6.45, 7) is 9.27. The second-order valence-electron chi connectivity index (χ2n) is 12.4. The van der Waals surface area contributed by atoms with Gasteiger partial charge in [-0.1, -0.05) is 38.6 Å². The Labute approximate surface area is 296 Å². The first-order chi connectivity index (χ1) is 24.5. The largest absolute Gasteiger partial charge is 0.490 e. The molecule has 11 nitrogen and oxygen atoms in total. The lowest BCUT2D eigenvalue weighted by Crippen LogP contribution is -2.22. The minimum Gasteiger partial charge on any atom is -0.490 e. The molecular formula is C40H40O11. The maximum Gasteiger partial charge on any atom is 0.343 e. The van der Waals surface area contributed by atoms with E-state index in [0.29, 0.717) is 22.8 Å². The SMILES string of the molecule is C=C(CC(=O)OC1CCCCC1)C(=O)OCCOc1ccc(OC(=O)c2ccc3c(c2)C(C)c2cc(OC(=O)C(=C)CC(=O)OC)ccc2-3)cc1. The summed E-state index contributed by atoms with van der Waals surface area (Å²) in [6, 6.07) is 17.1. The van der Waals surface area contributed by atoms with Gasteiger partial charge in [-0.3, -0.25) is 9.59 Å². The zero-order chi connectivity index (χ0) is 36.5. The third kappa shape index (κ3) is 9.50. The van der Waals surface area contributed by atoms with Crippen LogP contribution >= 0.6 is 0 Å². The minimum atomic E-state index is -0.721. The van der Waals surface area contributed by atoms with Crippen LogP contribution in [-0.2, 0) is 33.4 Å². The van der Waals surface area contributed by atoms with Crippen molar-refractivity contribution in [3.05, 3.63) is 102 Å². The van der Waals surface area contributed by atoms with Crippen molar-refractivity contribution in [2.45, 2.75) is 63.9 Å². The van der Waals surface area contributed by atoms with E-state index in [1.165, 1.54) is 7.11 Å². The van der Waals surface area contributed by atoms with E-state index in [4.69, 9.17) is 23.7 Å². The standard InChI is InChI=1S/C40H40O11/c1-24(21-37(42)49-29-8-6-5-7-9-29)38(43)48-19-18-47-28-11-13-30(14-12-28)50-40(45)27-10-16-32-33-17-15-31(23-35(33)26(3)34(32)22-27)51-39(44)25(2)20-36(41)46-4/h10-17,22-23,26,29H,1-2,5-9,18-21H2,3-4H3. The van der Waals surface area contributed by atoms with Gasteiger partial charge in [0.25, 0.3) is 0 Å². The molecular weight excluding hydrogens is 656 g/mol. The lowest BCUT2D eigenvalue weighted by Gasteiger charge is -2.21. The van der Waals surface area contributed by atoms with Gasteiger partial charge in [0.2, 0.25) is 0 Å². The molecule has 1 atom stereocenters. The summed E-state index contributed by atoms with van der Waals surface area (Å²) in [5.41, 5.74) is 4.13. The molecule has 0 saturated heterocycles. The Balaban J connectivity index is 1.07. The molecule has 0 N–H and O–H groups in total. The van der Waals surface area contributed by atoms with Gasteiger partial charge in [0.1, 0.15) is 36.6 Å². The molecule has 0 heterocycles. The van der Waals surface area contributed by atoms with E-state index in [1.807, 2.05) is 19.1 Å². The van der Waals surface area contributed by atoms with Gasteiger partial charge < -0.3 is 28.4 Å². The normalized spacial score (nSPS) is 14.7. The number of hydrogen-bond donors (Lipinski definition) is 0. The highest BCUT2D eigenvalue weighted by Gasteiger charge is 2.28. The highest BCUT2D eigenvalue weighted by molar-refractivity contribution is 5.95. The molecule has 0 aromatic heterocycles. The number of methoxy groups -OCH3 is 1. The van der Waals surface area contributed by atoms with E-state index in [9.17, 15) is 24.0 Å². The maximum atomic E-state index is 13.1. The molecule has 1 unspecified atom stereocenters. The Kier molecular flexibility index (Phi) is 12.0. The molecule has 3 aromatic carbocycles. The van der Waals surface area contributed by atoms with Crippen LogP contribution in [0.4, 0.5) is 0 Å². The fourth-order valence-electron chi connectivity index (χ4n) is 5.99. The molecule has 266 valence electrons.